The molecule has 2 unspecified atom stereocenters. The van der Waals surface area contributed by atoms with Crippen molar-refractivity contribution >= 4 is 17.6 Å². The first kappa shape index (κ1) is 14.8. The normalized spacial score (nSPS) is 22.7. The van der Waals surface area contributed by atoms with E-state index in [0.717, 1.165) is 18.4 Å². The van der Waals surface area contributed by atoms with Gasteiger partial charge < -0.3 is 10.4 Å². The maximum Gasteiger partial charge on any atom is 0.307 e. The molecule has 2 atom stereocenters. The van der Waals surface area contributed by atoms with E-state index in [2.05, 4.69) is 20.8 Å². The molecule has 0 bridgehead atoms. The Hall–Kier alpha value is -2.77. The number of rotatable bonds is 5. The van der Waals surface area contributed by atoms with Gasteiger partial charge in [0.05, 0.1) is 17.9 Å². The average Bonchev–Trinajstić information content (AvgIpc) is 3.22. The summed E-state index contributed by atoms with van der Waals surface area (Å²) < 4.78 is 1.81. The van der Waals surface area contributed by atoms with Gasteiger partial charge in [0, 0.05) is 11.3 Å². The molecule has 0 saturated heterocycles. The van der Waals surface area contributed by atoms with Gasteiger partial charge >= 0.3 is 5.97 Å². The lowest BCUT2D eigenvalue weighted by Crippen LogP contribution is -2.41. The minimum Gasteiger partial charge on any atom is -0.481 e. The first-order valence-corrected chi connectivity index (χ1v) is 8.05. The van der Waals surface area contributed by atoms with Crippen molar-refractivity contribution < 1.29 is 14.7 Å². The van der Waals surface area contributed by atoms with Crippen LogP contribution in [0.5, 0.6) is 0 Å². The highest BCUT2D eigenvalue weighted by Gasteiger charge is 2.41. The molecular weight excluding hydrogens is 310 g/mol. The molecule has 0 spiro atoms. The second-order valence-corrected chi connectivity index (χ2v) is 6.38. The predicted molar refractivity (Wildman–Crippen MR) is 84.0 cm³/mol. The Morgan fingerprint density at radius 2 is 1.96 bits per heavy atom. The van der Waals surface area contributed by atoms with Crippen LogP contribution in [-0.4, -0.2) is 37.2 Å². The maximum absolute atomic E-state index is 12.3. The molecule has 2 aliphatic carbocycles. The third kappa shape index (κ3) is 2.64. The van der Waals surface area contributed by atoms with Crippen LogP contribution in [0.15, 0.2) is 24.3 Å². The molecule has 1 heterocycles. The molecule has 2 N–H and O–H groups in total. The van der Waals surface area contributed by atoms with Crippen LogP contribution in [0.4, 0.5) is 5.69 Å². The van der Waals surface area contributed by atoms with Crippen molar-refractivity contribution in [2.24, 2.45) is 11.8 Å². The first-order chi connectivity index (χ1) is 11.6. The van der Waals surface area contributed by atoms with Crippen LogP contribution in [0.1, 0.15) is 31.7 Å². The summed E-state index contributed by atoms with van der Waals surface area (Å²) in [5, 5.41) is 23.7. The van der Waals surface area contributed by atoms with Gasteiger partial charge in [0.2, 0.25) is 5.91 Å². The lowest BCUT2D eigenvalue weighted by Gasteiger charge is -2.31. The second kappa shape index (κ2) is 5.70. The summed E-state index contributed by atoms with van der Waals surface area (Å²) in [5.74, 6) is -1.50. The van der Waals surface area contributed by atoms with Crippen LogP contribution in [0.25, 0.3) is 11.4 Å². The number of hydrogen-bond donors (Lipinski definition) is 2. The zero-order valence-corrected chi connectivity index (χ0v) is 12.9. The third-order valence-electron chi connectivity index (χ3n) is 4.70. The van der Waals surface area contributed by atoms with Crippen molar-refractivity contribution in [1.82, 2.24) is 20.2 Å². The Labute approximate surface area is 137 Å². The van der Waals surface area contributed by atoms with Gasteiger partial charge in [0.25, 0.3) is 0 Å². The molecule has 0 radical (unpaired) electrons. The van der Waals surface area contributed by atoms with E-state index in [0.29, 0.717) is 30.4 Å². The van der Waals surface area contributed by atoms with Gasteiger partial charge in [0.15, 0.2) is 5.82 Å². The molecule has 124 valence electrons. The standard InChI is InChI=1S/C16H17N5O3/c22-15(12-6-7-13(12)16(23)24)17-10-3-1-2-9(8-10)14-18-19-20-21(14)11-4-5-11/h1-3,8,11-13H,4-7H2,(H,17,22)(H,23,24). The van der Waals surface area contributed by atoms with E-state index in [1.54, 1.807) is 6.07 Å². The zero-order chi connectivity index (χ0) is 16.7. The van der Waals surface area contributed by atoms with Crippen molar-refractivity contribution in [3.63, 3.8) is 0 Å². The SMILES string of the molecule is O=C(O)C1CCC1C(=O)Nc1cccc(-c2nnnn2C2CC2)c1. The number of carbonyl (C=O) groups excluding carboxylic acids is 1. The molecule has 8 nitrogen and oxygen atoms in total. The van der Waals surface area contributed by atoms with Crippen LogP contribution < -0.4 is 5.32 Å². The average molecular weight is 327 g/mol. The van der Waals surface area contributed by atoms with Gasteiger partial charge in [-0.15, -0.1) is 5.10 Å². The second-order valence-electron chi connectivity index (χ2n) is 6.38. The third-order valence-corrected chi connectivity index (χ3v) is 4.70. The number of carbonyl (C=O) groups is 2. The zero-order valence-electron chi connectivity index (χ0n) is 12.9. The Morgan fingerprint density at radius 1 is 1.17 bits per heavy atom. The number of nitrogens with one attached hydrogen (secondary N) is 1. The molecule has 2 saturated carbocycles. The number of aliphatic carboxylic acids is 1. The van der Waals surface area contributed by atoms with Gasteiger partial charge in [0.1, 0.15) is 0 Å². The van der Waals surface area contributed by atoms with E-state index in [-0.39, 0.29) is 5.91 Å². The van der Waals surface area contributed by atoms with Gasteiger partial charge in [-0.05, 0) is 48.2 Å². The lowest BCUT2D eigenvalue weighted by atomic mass is 9.73. The lowest BCUT2D eigenvalue weighted by molar-refractivity contribution is -0.151. The minimum absolute atomic E-state index is 0.243. The van der Waals surface area contributed by atoms with E-state index < -0.39 is 17.8 Å². The molecule has 4 rings (SSSR count). The summed E-state index contributed by atoms with van der Waals surface area (Å²) in [6.07, 6.45) is 3.32. The first-order valence-electron chi connectivity index (χ1n) is 8.05. The van der Waals surface area contributed by atoms with E-state index >= 15 is 0 Å². The molecule has 2 fully saturated rings. The number of benzene rings is 1. The summed E-state index contributed by atoms with van der Waals surface area (Å²) in [6, 6.07) is 7.67. The summed E-state index contributed by atoms with van der Waals surface area (Å²) in [4.78, 5) is 23.3. The summed E-state index contributed by atoms with van der Waals surface area (Å²) in [6.45, 7) is 0. The van der Waals surface area contributed by atoms with Crippen molar-refractivity contribution in [3.8, 4) is 11.4 Å². The fourth-order valence-corrected chi connectivity index (χ4v) is 3.03. The number of nitrogens with zero attached hydrogens (tertiary/aromatic N) is 4. The molecule has 8 heteroatoms. The smallest absolute Gasteiger partial charge is 0.307 e. The van der Waals surface area contributed by atoms with Gasteiger partial charge in [-0.2, -0.15) is 0 Å². The van der Waals surface area contributed by atoms with Crippen molar-refractivity contribution in [3.05, 3.63) is 24.3 Å². The fourth-order valence-electron chi connectivity index (χ4n) is 3.03. The molecule has 1 aromatic carbocycles. The highest BCUT2D eigenvalue weighted by atomic mass is 16.4. The van der Waals surface area contributed by atoms with Crippen LogP contribution in [0.3, 0.4) is 0 Å². The Morgan fingerprint density at radius 3 is 2.62 bits per heavy atom. The number of carboxylic acids is 1. The monoisotopic (exact) mass is 327 g/mol. The minimum atomic E-state index is -0.904. The van der Waals surface area contributed by atoms with E-state index in [1.807, 2.05) is 22.9 Å². The van der Waals surface area contributed by atoms with E-state index in [1.165, 1.54) is 0 Å². The van der Waals surface area contributed by atoms with Crippen LogP contribution in [-0.2, 0) is 9.59 Å². The highest BCUT2D eigenvalue weighted by Crippen LogP contribution is 2.37. The van der Waals surface area contributed by atoms with E-state index in [9.17, 15) is 9.59 Å². The number of anilines is 1. The predicted octanol–water partition coefficient (Wildman–Crippen LogP) is 1.72. The van der Waals surface area contributed by atoms with Crippen molar-refractivity contribution in [2.45, 2.75) is 31.7 Å². The quantitative estimate of drug-likeness (QED) is 0.865. The largest absolute Gasteiger partial charge is 0.481 e. The molecule has 0 aliphatic heterocycles. The number of hydrogen-bond acceptors (Lipinski definition) is 5. The molecule has 1 aromatic heterocycles. The Kier molecular flexibility index (Phi) is 3.51. The number of tetrazole rings is 1. The van der Waals surface area contributed by atoms with Gasteiger partial charge in [-0.25, -0.2) is 4.68 Å². The van der Waals surface area contributed by atoms with Gasteiger partial charge in [-0.1, -0.05) is 12.1 Å². The number of amides is 1. The molecule has 24 heavy (non-hydrogen) atoms. The van der Waals surface area contributed by atoms with Crippen LogP contribution in [0.2, 0.25) is 0 Å². The Bertz CT molecular complexity index is 799. The maximum atomic E-state index is 12.3. The van der Waals surface area contributed by atoms with Crippen molar-refractivity contribution in [2.75, 3.05) is 5.32 Å². The number of carboxylic acid groups (broad SMARTS) is 1. The van der Waals surface area contributed by atoms with E-state index in [4.69, 9.17) is 5.11 Å². The molecule has 1 amide bonds. The number of aromatic nitrogens is 4. The molecular formula is C16H17N5O3. The summed E-state index contributed by atoms with van der Waals surface area (Å²) >= 11 is 0. The topological polar surface area (TPSA) is 110 Å². The fraction of sp³-hybridized carbons (Fsp3) is 0.438. The van der Waals surface area contributed by atoms with Crippen LogP contribution >= 0.6 is 0 Å². The summed E-state index contributed by atoms with van der Waals surface area (Å²) in [5.41, 5.74) is 1.45. The Balaban J connectivity index is 1.52. The molecule has 2 aromatic rings. The van der Waals surface area contributed by atoms with Crippen molar-refractivity contribution in [1.29, 1.82) is 0 Å². The molecule has 2 aliphatic rings. The highest BCUT2D eigenvalue weighted by molar-refractivity contribution is 5.96. The summed E-state index contributed by atoms with van der Waals surface area (Å²) in [7, 11) is 0. The van der Waals surface area contributed by atoms with Crippen LogP contribution in [0, 0.1) is 11.8 Å². The van der Waals surface area contributed by atoms with Gasteiger partial charge in [-0.3, -0.25) is 9.59 Å².